The first-order valence-corrected chi connectivity index (χ1v) is 15.3. The number of fused-ring (bicyclic) bond motifs is 1. The molecule has 1 saturated heterocycles. The van der Waals surface area contributed by atoms with Crippen LogP contribution < -0.4 is 9.47 Å². The molecule has 0 spiro atoms. The van der Waals surface area contributed by atoms with Crippen LogP contribution in [0, 0.1) is 23.0 Å². The van der Waals surface area contributed by atoms with Crippen LogP contribution >= 0.6 is 0 Å². The molecule has 11 nitrogen and oxygen atoms in total. The molecule has 13 heteroatoms. The molecule has 4 heterocycles. The smallest absolute Gasteiger partial charge is 0.307 e. The molecule has 1 fully saturated rings. The van der Waals surface area contributed by atoms with Crippen molar-refractivity contribution < 1.29 is 28.2 Å². The first kappa shape index (κ1) is 31.6. The molecule has 0 atom stereocenters. The Kier molecular flexibility index (Phi) is 9.40. The fourth-order valence-electron chi connectivity index (χ4n) is 5.74. The highest BCUT2D eigenvalue weighted by Gasteiger charge is 2.24. The van der Waals surface area contributed by atoms with E-state index in [4.69, 9.17) is 19.7 Å². The zero-order chi connectivity index (χ0) is 32.9. The van der Waals surface area contributed by atoms with Crippen LogP contribution in [-0.4, -0.2) is 59.3 Å². The summed E-state index contributed by atoms with van der Waals surface area (Å²) in [7, 11) is 0. The lowest BCUT2D eigenvalue weighted by atomic mass is 10.1. The van der Waals surface area contributed by atoms with Gasteiger partial charge in [0.2, 0.25) is 5.88 Å². The molecule has 242 valence electrons. The third kappa shape index (κ3) is 7.39. The third-order valence-electron chi connectivity index (χ3n) is 8.23. The van der Waals surface area contributed by atoms with Gasteiger partial charge in [-0.05, 0) is 55.7 Å². The van der Waals surface area contributed by atoms with Crippen molar-refractivity contribution in [3.05, 3.63) is 101 Å². The summed E-state index contributed by atoms with van der Waals surface area (Å²) in [4.78, 5) is 27.1. The lowest BCUT2D eigenvalue weighted by Crippen LogP contribution is -2.38. The van der Waals surface area contributed by atoms with Gasteiger partial charge < -0.3 is 23.7 Å². The maximum absolute atomic E-state index is 14.5. The molecule has 2 aromatic carbocycles. The van der Waals surface area contributed by atoms with Crippen LogP contribution in [0.2, 0.25) is 0 Å². The summed E-state index contributed by atoms with van der Waals surface area (Å²) in [5.41, 5.74) is 3.78. The number of hydrogen-bond acceptors (Lipinski definition) is 8. The fourth-order valence-corrected chi connectivity index (χ4v) is 5.74. The number of imidazole rings is 2. The number of carbonyl (C=O) groups is 1. The van der Waals surface area contributed by atoms with Crippen molar-refractivity contribution in [2.45, 2.75) is 58.5 Å². The third-order valence-corrected chi connectivity index (χ3v) is 8.23. The number of aliphatic carboxylic acids is 1. The van der Waals surface area contributed by atoms with Crippen molar-refractivity contribution in [3.63, 3.8) is 0 Å². The van der Waals surface area contributed by atoms with Crippen LogP contribution in [-0.2, 0) is 37.5 Å². The Morgan fingerprint density at radius 2 is 1.89 bits per heavy atom. The Labute approximate surface area is 269 Å². The van der Waals surface area contributed by atoms with E-state index in [-0.39, 0.29) is 42.0 Å². The maximum atomic E-state index is 14.5. The molecule has 5 aromatic rings. The molecular formula is C34H33F2N7O4. The molecule has 1 N–H and O–H groups in total. The van der Waals surface area contributed by atoms with E-state index in [0.717, 1.165) is 48.3 Å². The van der Waals surface area contributed by atoms with Gasteiger partial charge >= 0.3 is 5.97 Å². The van der Waals surface area contributed by atoms with Crippen molar-refractivity contribution in [1.82, 2.24) is 29.0 Å². The standard InChI is InChI=1S/C34H33F2N7O4/c1-2-42-21-38-17-25(42)18-43-30-14-22(15-33(44)45)4-7-29(30)39-31(43)19-41-11-9-26(10-12-41)47-32-8-6-27(35)34(40-32)46-20-24-5-3-23(16-37)13-28(24)36/h3-8,13-14,17,21,26H,2,9-12,15,18-20H2,1H3,(H,44,45). The first-order valence-electron chi connectivity index (χ1n) is 15.3. The average Bonchev–Trinajstić information content (AvgIpc) is 3.66. The number of hydrogen-bond donors (Lipinski definition) is 1. The normalized spacial score (nSPS) is 13.9. The predicted molar refractivity (Wildman–Crippen MR) is 167 cm³/mol. The number of nitrogens with zero attached hydrogens (tertiary/aromatic N) is 7. The minimum Gasteiger partial charge on any atom is -0.481 e. The minimum absolute atomic E-state index is 0.0664. The van der Waals surface area contributed by atoms with Gasteiger partial charge in [0.15, 0.2) is 5.82 Å². The fraction of sp³-hybridized carbons (Fsp3) is 0.324. The summed E-state index contributed by atoms with van der Waals surface area (Å²) < 4.78 is 44.5. The van der Waals surface area contributed by atoms with Crippen molar-refractivity contribution >= 4 is 17.0 Å². The number of benzene rings is 2. The number of piperidine rings is 1. The molecule has 0 saturated carbocycles. The Morgan fingerprint density at radius 1 is 1.06 bits per heavy atom. The molecule has 3 aromatic heterocycles. The van der Waals surface area contributed by atoms with E-state index < -0.39 is 17.6 Å². The zero-order valence-corrected chi connectivity index (χ0v) is 25.8. The molecular weight excluding hydrogens is 608 g/mol. The minimum atomic E-state index is -0.886. The number of halogens is 2. The second-order valence-corrected chi connectivity index (χ2v) is 11.4. The Morgan fingerprint density at radius 3 is 2.64 bits per heavy atom. The van der Waals surface area contributed by atoms with Gasteiger partial charge in [0.25, 0.3) is 5.88 Å². The monoisotopic (exact) mass is 641 g/mol. The number of carboxylic acid groups (broad SMARTS) is 1. The number of ether oxygens (including phenoxy) is 2. The summed E-state index contributed by atoms with van der Waals surface area (Å²) >= 11 is 0. The molecule has 0 aliphatic carbocycles. The van der Waals surface area contributed by atoms with Crippen LogP contribution in [0.4, 0.5) is 8.78 Å². The Bertz CT molecular complexity index is 1940. The highest BCUT2D eigenvalue weighted by Crippen LogP contribution is 2.26. The molecule has 1 aliphatic rings. The lowest BCUT2D eigenvalue weighted by molar-refractivity contribution is -0.136. The van der Waals surface area contributed by atoms with Gasteiger partial charge in [0.05, 0.1) is 54.2 Å². The van der Waals surface area contributed by atoms with Crippen molar-refractivity contribution in [2.75, 3.05) is 13.1 Å². The van der Waals surface area contributed by atoms with Gasteiger partial charge in [-0.3, -0.25) is 9.69 Å². The van der Waals surface area contributed by atoms with E-state index in [1.807, 2.05) is 30.5 Å². The molecule has 0 radical (unpaired) electrons. The van der Waals surface area contributed by atoms with Crippen molar-refractivity contribution in [3.8, 4) is 17.8 Å². The second-order valence-electron chi connectivity index (χ2n) is 11.4. The highest BCUT2D eigenvalue weighted by atomic mass is 19.1. The quantitative estimate of drug-likeness (QED) is 0.198. The van der Waals surface area contributed by atoms with Crippen LogP contribution in [0.1, 0.15) is 48.0 Å². The number of aromatic nitrogens is 5. The summed E-state index contributed by atoms with van der Waals surface area (Å²) in [6.07, 6.45) is 4.84. The predicted octanol–water partition coefficient (Wildman–Crippen LogP) is 5.10. The van der Waals surface area contributed by atoms with E-state index in [0.29, 0.717) is 31.5 Å². The van der Waals surface area contributed by atoms with Crippen LogP contribution in [0.15, 0.2) is 61.1 Å². The first-order chi connectivity index (χ1) is 22.8. The summed E-state index contributed by atoms with van der Waals surface area (Å²) in [5, 5.41) is 18.3. The number of carboxylic acids is 1. The van der Waals surface area contributed by atoms with Crippen LogP contribution in [0.5, 0.6) is 11.8 Å². The lowest BCUT2D eigenvalue weighted by Gasteiger charge is -2.31. The molecule has 0 unspecified atom stereocenters. The van der Waals surface area contributed by atoms with E-state index in [2.05, 4.69) is 30.9 Å². The Balaban J connectivity index is 1.11. The number of nitriles is 1. The van der Waals surface area contributed by atoms with Crippen molar-refractivity contribution in [1.29, 1.82) is 5.26 Å². The number of pyridine rings is 1. The van der Waals surface area contributed by atoms with E-state index in [9.17, 15) is 18.7 Å². The second kappa shape index (κ2) is 14.0. The zero-order valence-electron chi connectivity index (χ0n) is 25.8. The molecule has 1 aliphatic heterocycles. The summed E-state index contributed by atoms with van der Waals surface area (Å²) in [6, 6.07) is 14.1. The number of likely N-dealkylation sites (tertiary alicyclic amines) is 1. The van der Waals surface area contributed by atoms with Gasteiger partial charge in [-0.25, -0.2) is 18.7 Å². The molecule has 0 amide bonds. The number of rotatable bonds is 12. The van der Waals surface area contributed by atoms with Gasteiger partial charge in [-0.2, -0.15) is 10.2 Å². The summed E-state index contributed by atoms with van der Waals surface area (Å²) in [5.74, 6) is -1.40. The van der Waals surface area contributed by atoms with Gasteiger partial charge in [-0.1, -0.05) is 12.1 Å². The SMILES string of the molecule is CCn1cncc1Cn1c(CN2CCC(Oc3ccc(F)c(OCc4ccc(C#N)cc4F)n3)CC2)nc2ccc(CC(=O)O)cc21. The van der Waals surface area contributed by atoms with Gasteiger partial charge in [-0.15, -0.1) is 0 Å². The van der Waals surface area contributed by atoms with Gasteiger partial charge in [0, 0.05) is 37.5 Å². The van der Waals surface area contributed by atoms with E-state index >= 15 is 0 Å². The topological polar surface area (TPSA) is 131 Å². The highest BCUT2D eigenvalue weighted by molar-refractivity contribution is 5.79. The van der Waals surface area contributed by atoms with Crippen LogP contribution in [0.3, 0.4) is 0 Å². The van der Waals surface area contributed by atoms with Crippen LogP contribution in [0.25, 0.3) is 11.0 Å². The Hall–Kier alpha value is -5.35. The molecule has 47 heavy (non-hydrogen) atoms. The number of aryl methyl sites for hydroxylation is 1. The molecule has 0 bridgehead atoms. The largest absolute Gasteiger partial charge is 0.481 e. The van der Waals surface area contributed by atoms with Crippen molar-refractivity contribution in [2.24, 2.45) is 0 Å². The van der Waals surface area contributed by atoms with E-state index in [1.165, 1.54) is 24.3 Å². The summed E-state index contributed by atoms with van der Waals surface area (Å²) in [6.45, 7) is 5.18. The maximum Gasteiger partial charge on any atom is 0.307 e. The van der Waals surface area contributed by atoms with E-state index in [1.54, 1.807) is 6.33 Å². The average molecular weight is 642 g/mol. The van der Waals surface area contributed by atoms with Gasteiger partial charge in [0.1, 0.15) is 24.4 Å². The molecule has 6 rings (SSSR count).